The van der Waals surface area contributed by atoms with Gasteiger partial charge in [0, 0.05) is 13.2 Å². The van der Waals surface area contributed by atoms with Gasteiger partial charge in [-0.3, -0.25) is 14.9 Å². The lowest BCUT2D eigenvalue weighted by atomic mass is 10.2. The number of halogens is 1. The quantitative estimate of drug-likeness (QED) is 0.496. The maximum Gasteiger partial charge on any atom is 0.293 e. The summed E-state index contributed by atoms with van der Waals surface area (Å²) in [6.45, 7) is 1.30. The van der Waals surface area contributed by atoms with Crippen LogP contribution in [0.15, 0.2) is 25.6 Å². The van der Waals surface area contributed by atoms with Gasteiger partial charge in [-0.05, 0) is 40.9 Å². The smallest absolute Gasteiger partial charge is 0.293 e. The third kappa shape index (κ3) is 5.53. The van der Waals surface area contributed by atoms with Crippen LogP contribution in [0.4, 0.5) is 5.13 Å². The number of ether oxygens (including phenoxy) is 1. The molecule has 11 heteroatoms. The topological polar surface area (TPSA) is 106 Å². The number of carbonyl (C=O) groups is 2. The number of amides is 2. The van der Waals surface area contributed by atoms with Crippen molar-refractivity contribution in [1.82, 2.24) is 15.5 Å². The van der Waals surface area contributed by atoms with Gasteiger partial charge in [-0.25, -0.2) is 0 Å². The molecule has 0 bridgehead atoms. The van der Waals surface area contributed by atoms with Crippen molar-refractivity contribution in [2.75, 3.05) is 24.2 Å². The predicted octanol–water partition coefficient (Wildman–Crippen LogP) is 2.53. The van der Waals surface area contributed by atoms with Gasteiger partial charge in [-0.15, -0.1) is 10.2 Å². The van der Waals surface area contributed by atoms with Crippen molar-refractivity contribution in [3.05, 3.63) is 22.6 Å². The van der Waals surface area contributed by atoms with Gasteiger partial charge in [0.1, 0.15) is 0 Å². The summed E-state index contributed by atoms with van der Waals surface area (Å²) in [7, 11) is 0. The number of hydrogen-bond donors (Lipinski definition) is 2. The molecule has 0 radical (unpaired) electrons. The van der Waals surface area contributed by atoms with Crippen molar-refractivity contribution in [1.29, 1.82) is 0 Å². The van der Waals surface area contributed by atoms with Crippen LogP contribution >= 0.6 is 39.0 Å². The molecule has 1 aliphatic rings. The van der Waals surface area contributed by atoms with E-state index >= 15 is 0 Å². The first-order valence-electron chi connectivity index (χ1n) is 7.51. The van der Waals surface area contributed by atoms with Crippen molar-refractivity contribution < 1.29 is 18.7 Å². The molecule has 25 heavy (non-hydrogen) atoms. The molecule has 1 fully saturated rings. The van der Waals surface area contributed by atoms with E-state index in [1.807, 2.05) is 0 Å². The normalized spacial score (nSPS) is 16.8. The molecule has 2 N–H and O–H groups in total. The number of hydrogen-bond acceptors (Lipinski definition) is 8. The third-order valence-corrected chi connectivity index (χ3v) is 5.70. The van der Waals surface area contributed by atoms with E-state index in [1.54, 1.807) is 12.1 Å². The zero-order valence-corrected chi connectivity index (χ0v) is 16.2. The van der Waals surface area contributed by atoms with Gasteiger partial charge >= 0.3 is 0 Å². The Bertz CT molecular complexity index is 745. The van der Waals surface area contributed by atoms with Gasteiger partial charge < -0.3 is 14.5 Å². The molecule has 0 aliphatic carbocycles. The fraction of sp³-hybridized carbons (Fsp3) is 0.429. The molecule has 0 spiro atoms. The Hall–Kier alpha value is -1.43. The van der Waals surface area contributed by atoms with Gasteiger partial charge in [0.15, 0.2) is 14.8 Å². The van der Waals surface area contributed by atoms with E-state index in [-0.39, 0.29) is 23.5 Å². The van der Waals surface area contributed by atoms with Crippen LogP contribution in [0.5, 0.6) is 0 Å². The lowest BCUT2D eigenvalue weighted by molar-refractivity contribution is -0.119. The molecule has 1 atom stereocenters. The van der Waals surface area contributed by atoms with Crippen molar-refractivity contribution in [3.63, 3.8) is 0 Å². The zero-order valence-electron chi connectivity index (χ0n) is 13.0. The van der Waals surface area contributed by atoms with Crippen LogP contribution < -0.4 is 10.6 Å². The zero-order chi connectivity index (χ0) is 17.6. The van der Waals surface area contributed by atoms with Crippen LogP contribution in [0, 0.1) is 0 Å². The van der Waals surface area contributed by atoms with E-state index in [4.69, 9.17) is 9.15 Å². The second-order valence-electron chi connectivity index (χ2n) is 5.16. The first-order chi connectivity index (χ1) is 12.1. The molecule has 3 rings (SSSR count). The molecule has 2 aromatic heterocycles. The molecule has 1 aliphatic heterocycles. The van der Waals surface area contributed by atoms with E-state index in [1.165, 1.54) is 23.1 Å². The minimum absolute atomic E-state index is 0.0817. The molecular weight excluding hydrogens is 432 g/mol. The van der Waals surface area contributed by atoms with Crippen LogP contribution in [0.25, 0.3) is 0 Å². The number of furan rings is 1. The number of carbonyl (C=O) groups excluding carboxylic acids is 2. The van der Waals surface area contributed by atoms with Gasteiger partial charge in [-0.2, -0.15) is 0 Å². The number of thioether (sulfide) groups is 1. The van der Waals surface area contributed by atoms with Gasteiger partial charge in [-0.1, -0.05) is 23.1 Å². The Morgan fingerprint density at radius 1 is 1.40 bits per heavy atom. The highest BCUT2D eigenvalue weighted by molar-refractivity contribution is 9.10. The highest BCUT2D eigenvalue weighted by atomic mass is 79.9. The summed E-state index contributed by atoms with van der Waals surface area (Å²) < 4.78 is 11.7. The van der Waals surface area contributed by atoms with Crippen molar-refractivity contribution in [2.45, 2.75) is 23.3 Å². The summed E-state index contributed by atoms with van der Waals surface area (Å²) in [5.74, 6) is -0.0836. The molecule has 2 amide bonds. The van der Waals surface area contributed by atoms with Gasteiger partial charge in [0.25, 0.3) is 5.91 Å². The van der Waals surface area contributed by atoms with Crippen LogP contribution in [0.3, 0.4) is 0 Å². The first kappa shape index (κ1) is 18.4. The van der Waals surface area contributed by atoms with Crippen molar-refractivity contribution in [3.8, 4) is 0 Å². The summed E-state index contributed by atoms with van der Waals surface area (Å²) in [4.78, 5) is 23.8. The van der Waals surface area contributed by atoms with Crippen LogP contribution in [-0.4, -0.2) is 47.0 Å². The third-order valence-electron chi connectivity index (χ3n) is 3.30. The Labute approximate surface area is 160 Å². The molecule has 0 unspecified atom stereocenters. The first-order valence-corrected chi connectivity index (χ1v) is 10.1. The molecule has 0 saturated carbocycles. The predicted molar refractivity (Wildman–Crippen MR) is 97.0 cm³/mol. The van der Waals surface area contributed by atoms with Crippen LogP contribution in [-0.2, 0) is 9.53 Å². The van der Waals surface area contributed by atoms with Crippen molar-refractivity contribution >= 4 is 56.0 Å². The van der Waals surface area contributed by atoms with Gasteiger partial charge in [0.05, 0.1) is 11.9 Å². The molecule has 8 nitrogen and oxygen atoms in total. The average Bonchev–Trinajstić information content (AvgIpc) is 3.33. The van der Waals surface area contributed by atoms with E-state index in [9.17, 15) is 9.59 Å². The largest absolute Gasteiger partial charge is 0.444 e. The summed E-state index contributed by atoms with van der Waals surface area (Å²) in [6, 6.07) is 3.18. The molecular formula is C14H15BrN4O4S2. The van der Waals surface area contributed by atoms with Crippen LogP contribution in [0.1, 0.15) is 23.4 Å². The Morgan fingerprint density at radius 3 is 3.00 bits per heavy atom. The fourth-order valence-electron chi connectivity index (χ4n) is 2.12. The maximum atomic E-state index is 11.9. The van der Waals surface area contributed by atoms with Crippen LogP contribution in [0.2, 0.25) is 0 Å². The molecule has 1 saturated heterocycles. The van der Waals surface area contributed by atoms with E-state index < -0.39 is 5.91 Å². The summed E-state index contributed by atoms with van der Waals surface area (Å²) in [6.07, 6.45) is 2.15. The van der Waals surface area contributed by atoms with E-state index in [0.29, 0.717) is 20.7 Å². The fourth-order valence-corrected chi connectivity index (χ4v) is 4.01. The minimum Gasteiger partial charge on any atom is -0.444 e. The average molecular weight is 447 g/mol. The number of aromatic nitrogens is 2. The van der Waals surface area contributed by atoms with E-state index in [0.717, 1.165) is 19.4 Å². The molecule has 0 aromatic carbocycles. The second kappa shape index (κ2) is 8.79. The standard InChI is InChI=1S/C14H15BrN4O4S2/c15-10-4-3-9(23-10)12(21)17-13-18-19-14(25-13)24-7-11(20)16-6-8-2-1-5-22-8/h3-4,8H,1-2,5-7H2,(H,16,20)(H,17,18,21)/t8-/m0/s1. The maximum absolute atomic E-state index is 11.9. The van der Waals surface area contributed by atoms with E-state index in [2.05, 4.69) is 36.8 Å². The number of anilines is 1. The number of rotatable bonds is 7. The lowest BCUT2D eigenvalue weighted by Gasteiger charge is -2.09. The molecule has 134 valence electrons. The monoisotopic (exact) mass is 446 g/mol. The summed E-state index contributed by atoms with van der Waals surface area (Å²) >= 11 is 5.60. The van der Waals surface area contributed by atoms with Crippen molar-refractivity contribution in [2.24, 2.45) is 0 Å². The molecule has 3 heterocycles. The highest BCUT2D eigenvalue weighted by Crippen LogP contribution is 2.26. The summed E-state index contributed by atoms with van der Waals surface area (Å²) in [5.41, 5.74) is 0. The van der Waals surface area contributed by atoms with Gasteiger partial charge in [0.2, 0.25) is 11.0 Å². The lowest BCUT2D eigenvalue weighted by Crippen LogP contribution is -2.32. The SMILES string of the molecule is O=C(CSc1nnc(NC(=O)c2ccc(Br)o2)s1)NC[C@@H]1CCCO1. The minimum atomic E-state index is -0.410. The summed E-state index contributed by atoms with van der Waals surface area (Å²) in [5, 5.41) is 13.6. The Kier molecular flexibility index (Phi) is 6.45. The number of nitrogens with zero attached hydrogens (tertiary/aromatic N) is 2. The number of nitrogens with one attached hydrogen (secondary N) is 2. The molecule has 2 aromatic rings. The second-order valence-corrected chi connectivity index (χ2v) is 8.14. The Balaban J connectivity index is 1.41. The highest BCUT2D eigenvalue weighted by Gasteiger charge is 2.17. The Morgan fingerprint density at radius 2 is 2.28 bits per heavy atom.